The van der Waals surface area contributed by atoms with Gasteiger partial charge < -0.3 is 20.4 Å². The van der Waals surface area contributed by atoms with Crippen molar-refractivity contribution in [3.05, 3.63) is 66.5 Å². The molecule has 0 spiro atoms. The van der Waals surface area contributed by atoms with Crippen LogP contribution in [-0.2, 0) is 0 Å². The second kappa shape index (κ2) is 11.5. The highest BCUT2D eigenvalue weighted by molar-refractivity contribution is 7.97. The molecule has 3 rings (SSSR count). The molecule has 32 heavy (non-hydrogen) atoms. The fourth-order valence-electron chi connectivity index (χ4n) is 2.91. The van der Waals surface area contributed by atoms with Gasteiger partial charge in [0.05, 0.1) is 0 Å². The van der Waals surface area contributed by atoms with E-state index in [0.717, 1.165) is 22.8 Å². The van der Waals surface area contributed by atoms with Crippen molar-refractivity contribution in [1.82, 2.24) is 24.5 Å². The quantitative estimate of drug-likeness (QED) is 0.401. The van der Waals surface area contributed by atoms with E-state index in [-0.39, 0.29) is 5.91 Å². The summed E-state index contributed by atoms with van der Waals surface area (Å²) in [7, 11) is 7.69. The average Bonchev–Trinajstić information content (AvgIpc) is 2.78. The fourth-order valence-corrected chi connectivity index (χ4v) is 3.48. The van der Waals surface area contributed by atoms with Crippen molar-refractivity contribution in [3.63, 3.8) is 0 Å². The van der Waals surface area contributed by atoms with Crippen LogP contribution in [0.5, 0.6) is 0 Å². The molecule has 2 aromatic carbocycles. The Kier molecular flexibility index (Phi) is 8.43. The van der Waals surface area contributed by atoms with Crippen molar-refractivity contribution >= 4 is 40.9 Å². The largest absolute Gasteiger partial charge is 0.340 e. The molecule has 0 aliphatic carbocycles. The van der Waals surface area contributed by atoms with Crippen molar-refractivity contribution < 1.29 is 4.79 Å². The van der Waals surface area contributed by atoms with E-state index in [1.54, 1.807) is 16.8 Å². The molecule has 0 atom stereocenters. The van der Waals surface area contributed by atoms with Gasteiger partial charge in [-0.05, 0) is 75.6 Å². The number of amides is 1. The molecule has 8 nitrogen and oxygen atoms in total. The minimum Gasteiger partial charge on any atom is -0.340 e. The Bertz CT molecular complexity index is 1030. The maximum atomic E-state index is 12.6. The summed E-state index contributed by atoms with van der Waals surface area (Å²) in [6.45, 7) is 1.50. The number of nitrogens with one attached hydrogen (secondary N) is 3. The standard InChI is InChI=1S/C23H29N7OS/c1-24-32-20-7-5-6-19(14-20)28-22-15-21(25-16-26-22)27-18-10-8-17(9-11-18)23(31)30(4)13-12-29(2)3/h5-11,14-16,24H,12-13H2,1-4H3,(H2,25,26,27,28). The van der Waals surface area contributed by atoms with Gasteiger partial charge in [0, 0.05) is 48.0 Å². The zero-order valence-corrected chi connectivity index (χ0v) is 19.6. The van der Waals surface area contributed by atoms with E-state index in [1.165, 1.54) is 6.33 Å². The first kappa shape index (κ1) is 23.5. The molecule has 0 aliphatic heterocycles. The van der Waals surface area contributed by atoms with Gasteiger partial charge in [-0.3, -0.25) is 9.52 Å². The summed E-state index contributed by atoms with van der Waals surface area (Å²) in [6, 6.07) is 17.3. The second-order valence-corrected chi connectivity index (χ2v) is 8.56. The second-order valence-electron chi connectivity index (χ2n) is 7.48. The molecule has 168 valence electrons. The van der Waals surface area contributed by atoms with Crippen molar-refractivity contribution in [2.45, 2.75) is 4.90 Å². The Hall–Kier alpha value is -3.14. The number of anilines is 4. The fraction of sp³-hybridized carbons (Fsp3) is 0.261. The lowest BCUT2D eigenvalue weighted by atomic mass is 10.2. The first-order valence-electron chi connectivity index (χ1n) is 10.2. The number of benzene rings is 2. The van der Waals surface area contributed by atoms with Gasteiger partial charge in [0.1, 0.15) is 18.0 Å². The SMILES string of the molecule is CNSc1cccc(Nc2cc(Nc3ccc(C(=O)N(C)CCN(C)C)cc3)ncn2)c1. The molecule has 1 heterocycles. The van der Waals surface area contributed by atoms with Crippen LogP contribution in [0.2, 0.25) is 0 Å². The summed E-state index contributed by atoms with van der Waals surface area (Å²) in [5, 5.41) is 6.56. The maximum Gasteiger partial charge on any atom is 0.253 e. The lowest BCUT2D eigenvalue weighted by molar-refractivity contribution is 0.0786. The van der Waals surface area contributed by atoms with E-state index >= 15 is 0 Å². The van der Waals surface area contributed by atoms with Crippen molar-refractivity contribution in [3.8, 4) is 0 Å². The van der Waals surface area contributed by atoms with Gasteiger partial charge in [0.2, 0.25) is 0 Å². The van der Waals surface area contributed by atoms with E-state index in [9.17, 15) is 4.79 Å². The monoisotopic (exact) mass is 451 g/mol. The van der Waals surface area contributed by atoms with Crippen LogP contribution >= 0.6 is 11.9 Å². The van der Waals surface area contributed by atoms with Gasteiger partial charge in [-0.1, -0.05) is 6.07 Å². The highest BCUT2D eigenvalue weighted by atomic mass is 32.2. The van der Waals surface area contributed by atoms with Crippen LogP contribution in [0.1, 0.15) is 10.4 Å². The van der Waals surface area contributed by atoms with Crippen molar-refractivity contribution in [2.75, 3.05) is 51.9 Å². The molecule has 0 radical (unpaired) electrons. The number of likely N-dealkylation sites (N-methyl/N-ethyl adjacent to an activating group) is 2. The molecule has 3 aromatic rings. The van der Waals surface area contributed by atoms with Crippen LogP contribution in [0.25, 0.3) is 0 Å². The first-order valence-corrected chi connectivity index (χ1v) is 11.1. The summed E-state index contributed by atoms with van der Waals surface area (Å²) in [5.74, 6) is 1.35. The van der Waals surface area contributed by atoms with E-state index < -0.39 is 0 Å². The summed E-state index contributed by atoms with van der Waals surface area (Å²) < 4.78 is 3.07. The Labute approximate surface area is 193 Å². The number of hydrogen-bond acceptors (Lipinski definition) is 8. The maximum absolute atomic E-state index is 12.6. The average molecular weight is 452 g/mol. The summed E-state index contributed by atoms with van der Waals surface area (Å²) >= 11 is 1.55. The van der Waals surface area contributed by atoms with Gasteiger partial charge in [0.25, 0.3) is 5.91 Å². The highest BCUT2D eigenvalue weighted by Gasteiger charge is 2.11. The van der Waals surface area contributed by atoms with Gasteiger partial charge in [-0.2, -0.15) is 0 Å². The van der Waals surface area contributed by atoms with E-state index in [0.29, 0.717) is 23.7 Å². The summed E-state index contributed by atoms with van der Waals surface area (Å²) in [4.78, 5) is 26.0. The topological polar surface area (TPSA) is 85.4 Å². The molecule has 3 N–H and O–H groups in total. The molecule has 9 heteroatoms. The predicted molar refractivity (Wildman–Crippen MR) is 132 cm³/mol. The third-order valence-corrected chi connectivity index (χ3v) is 5.32. The van der Waals surface area contributed by atoms with Crippen molar-refractivity contribution in [2.24, 2.45) is 0 Å². The molecule has 0 saturated carbocycles. The van der Waals surface area contributed by atoms with Crippen molar-refractivity contribution in [1.29, 1.82) is 0 Å². The number of hydrogen-bond donors (Lipinski definition) is 3. The number of carbonyl (C=O) groups is 1. The molecule has 0 unspecified atom stereocenters. The minimum atomic E-state index is 0.00518. The molecule has 0 aliphatic rings. The van der Waals surface area contributed by atoms with Gasteiger partial charge in [-0.15, -0.1) is 0 Å². The number of aromatic nitrogens is 2. The van der Waals surface area contributed by atoms with Crippen LogP contribution in [0.15, 0.2) is 65.8 Å². The van der Waals surface area contributed by atoms with Crippen LogP contribution < -0.4 is 15.4 Å². The first-order chi connectivity index (χ1) is 15.4. The Morgan fingerprint density at radius 1 is 0.906 bits per heavy atom. The smallest absolute Gasteiger partial charge is 0.253 e. The van der Waals surface area contributed by atoms with Crippen LogP contribution in [-0.4, -0.2) is 67.0 Å². The lowest BCUT2D eigenvalue weighted by Crippen LogP contribution is -2.33. The Morgan fingerprint density at radius 2 is 1.59 bits per heavy atom. The Balaban J connectivity index is 1.63. The normalized spacial score (nSPS) is 10.8. The summed E-state index contributed by atoms with van der Waals surface area (Å²) in [5.41, 5.74) is 2.44. The highest BCUT2D eigenvalue weighted by Crippen LogP contribution is 2.23. The zero-order valence-electron chi connectivity index (χ0n) is 18.8. The minimum absolute atomic E-state index is 0.00518. The lowest BCUT2D eigenvalue weighted by Gasteiger charge is -2.19. The molecular weight excluding hydrogens is 422 g/mol. The van der Waals surface area contributed by atoms with Crippen LogP contribution in [0.4, 0.5) is 23.0 Å². The number of nitrogens with zero attached hydrogens (tertiary/aromatic N) is 4. The molecule has 0 bridgehead atoms. The molecule has 0 saturated heterocycles. The van der Waals surface area contributed by atoms with E-state index in [1.807, 2.05) is 82.8 Å². The van der Waals surface area contributed by atoms with Gasteiger partial charge in [-0.25, -0.2) is 9.97 Å². The number of carbonyl (C=O) groups excluding carboxylic acids is 1. The summed E-state index contributed by atoms with van der Waals surface area (Å²) in [6.07, 6.45) is 1.51. The third-order valence-electron chi connectivity index (χ3n) is 4.63. The Morgan fingerprint density at radius 3 is 2.25 bits per heavy atom. The molecule has 0 fully saturated rings. The van der Waals surface area contributed by atoms with E-state index in [4.69, 9.17) is 0 Å². The molecular formula is C23H29N7OS. The zero-order chi connectivity index (χ0) is 22.9. The van der Waals surface area contributed by atoms with E-state index in [2.05, 4.69) is 30.2 Å². The van der Waals surface area contributed by atoms with Crippen LogP contribution in [0, 0.1) is 0 Å². The predicted octanol–water partition coefficient (Wildman–Crippen LogP) is 3.82. The third kappa shape index (κ3) is 6.94. The molecule has 1 amide bonds. The number of rotatable bonds is 10. The molecule has 1 aromatic heterocycles. The van der Waals surface area contributed by atoms with Gasteiger partial charge >= 0.3 is 0 Å². The van der Waals surface area contributed by atoms with Gasteiger partial charge in [0.15, 0.2) is 0 Å². The van der Waals surface area contributed by atoms with Crippen LogP contribution in [0.3, 0.4) is 0 Å².